The van der Waals surface area contributed by atoms with Gasteiger partial charge >= 0.3 is 0 Å². The van der Waals surface area contributed by atoms with Crippen molar-refractivity contribution < 1.29 is 6.48 Å². The van der Waals surface area contributed by atoms with Gasteiger partial charge in [0.25, 0.3) is 0 Å². The Morgan fingerprint density at radius 1 is 2.00 bits per heavy atom. The Balaban J connectivity index is 0. The number of hydrogen-bond donors (Lipinski definition) is 2. The highest BCUT2D eigenvalue weighted by Gasteiger charge is 1.65. The van der Waals surface area contributed by atoms with E-state index in [-0.39, 0.29) is 6.61 Å². The van der Waals surface area contributed by atoms with Crippen LogP contribution in [0.5, 0.6) is 0 Å². The number of hydrogen-bond acceptors (Lipinski definition) is 2. The van der Waals surface area contributed by atoms with Crippen LogP contribution in [0, 0.1) is 0 Å². The van der Waals surface area contributed by atoms with Gasteiger partial charge in [-0.05, 0) is 12.0 Å². The summed E-state index contributed by atoms with van der Waals surface area (Å²) >= 11 is 1.96. The monoisotopic (exact) mass is 219 g/mol. The number of alkyl halides is 1. The van der Waals surface area contributed by atoms with E-state index in [1.807, 2.05) is 22.6 Å². The summed E-state index contributed by atoms with van der Waals surface area (Å²) in [6.07, 6.45) is 0. The molecule has 0 saturated carbocycles. The van der Waals surface area contributed by atoms with Gasteiger partial charge in [-0.15, -0.1) is 0 Å². The lowest BCUT2D eigenvalue weighted by Gasteiger charge is -1.84. The fraction of sp³-hybridized carbons (Fsp3) is 1.00. The Kier molecular flexibility index (Phi) is 17.4. The van der Waals surface area contributed by atoms with Crippen molar-refractivity contribution in [3.63, 3.8) is 0 Å². The summed E-state index contributed by atoms with van der Waals surface area (Å²) in [5.41, 5.74) is 0. The lowest BCUT2D eigenvalue weighted by molar-refractivity contribution is 0.296. The van der Waals surface area contributed by atoms with Crippen LogP contribution in [-0.4, -0.2) is 30.2 Å². The minimum atomic E-state index is 0.233. The normalized spacial score (nSPS) is 8.71. The first kappa shape index (κ1) is 7.65. The van der Waals surface area contributed by atoms with Gasteiger partial charge in [-0.3, -0.25) is 0 Å². The molecule has 0 bridgehead atoms. The first-order valence-corrected chi connectivity index (χ1v) is 3.46. The van der Waals surface area contributed by atoms with Crippen molar-refractivity contribution in [2.45, 2.75) is 0 Å². The molecule has 7 heavy (non-hydrogen) atoms. The van der Waals surface area contributed by atoms with Crippen molar-refractivity contribution in [3.05, 3.63) is 0 Å². The van der Waals surface area contributed by atoms with E-state index in [0.29, 0.717) is 11.5 Å². The van der Waals surface area contributed by atoms with Crippen LogP contribution in [0.25, 0.3) is 0 Å². The van der Waals surface area contributed by atoms with Crippen LogP contribution < -0.4 is 5.32 Å². The van der Waals surface area contributed by atoms with Crippen molar-refractivity contribution in [2.75, 3.05) is 25.1 Å². The highest BCUT2D eigenvalue weighted by Crippen LogP contribution is 1.48. The zero-order chi connectivity index (χ0) is 6.83. The van der Waals surface area contributed by atoms with Gasteiger partial charge in [-0.25, -0.2) is 0 Å². The number of rotatable bonds is 2. The molecule has 0 aliphatic heterocycles. The summed E-state index contributed by atoms with van der Waals surface area (Å²) < 4.78 is 6.20. The molecule has 46 valence electrons. The van der Waals surface area contributed by atoms with Gasteiger partial charge in [0, 0.05) is 7.92 Å². The third kappa shape index (κ3) is 20.5. The van der Waals surface area contributed by atoms with Gasteiger partial charge in [-0.1, -0.05) is 22.6 Å². The maximum Gasteiger partial charge on any atom is 0.0555 e. The van der Waals surface area contributed by atoms with Crippen LogP contribution >= 0.6 is 22.6 Å². The van der Waals surface area contributed by atoms with Gasteiger partial charge in [0.1, 0.15) is 0 Å². The van der Waals surface area contributed by atoms with E-state index in [9.17, 15) is 0 Å². The van der Waals surface area contributed by atoms with E-state index in [2.05, 4.69) is 5.32 Å². The van der Waals surface area contributed by atoms with Crippen LogP contribution in [0.1, 0.15) is 1.37 Å². The maximum absolute atomic E-state index is 8.00. The van der Waals surface area contributed by atoms with Crippen LogP contribution in [0.4, 0.5) is 0 Å². The Labute approximate surface area is 59.9 Å². The summed E-state index contributed by atoms with van der Waals surface area (Å²) in [5.74, 6) is 0. The SMILES string of the molecule is CNCCO.[3H]CI. The number of likely N-dealkylation sites (N-methyl/N-ethyl adjacent to an activating group) is 1. The van der Waals surface area contributed by atoms with E-state index in [0.717, 1.165) is 0 Å². The molecule has 0 aliphatic rings. The molecule has 0 unspecified atom stereocenters. The van der Waals surface area contributed by atoms with Gasteiger partial charge in [0.05, 0.1) is 6.61 Å². The molecule has 0 aromatic carbocycles. The van der Waals surface area contributed by atoms with Crippen molar-refractivity contribution in [1.29, 1.82) is 0 Å². The van der Waals surface area contributed by atoms with E-state index in [4.69, 9.17) is 6.48 Å². The second-order valence-corrected chi connectivity index (χ2v) is 0.827. The lowest BCUT2D eigenvalue weighted by atomic mass is 10.7. The summed E-state index contributed by atoms with van der Waals surface area (Å²) in [4.78, 5) is 0.470. The van der Waals surface area contributed by atoms with Crippen molar-refractivity contribution in [3.8, 4) is 0 Å². The Bertz CT molecular complexity index is 30.0. The second-order valence-electron chi connectivity index (χ2n) is 0.827. The zero-order valence-corrected chi connectivity index (χ0v) is 6.60. The molecule has 2 nitrogen and oxygen atoms in total. The largest absolute Gasteiger partial charge is 0.395 e. The third-order valence-corrected chi connectivity index (χ3v) is 0.362. The average Bonchev–Trinajstić information content (AvgIpc) is 1.71. The van der Waals surface area contributed by atoms with Crippen LogP contribution in [0.2, 0.25) is 0 Å². The van der Waals surface area contributed by atoms with E-state index >= 15 is 0 Å². The molecule has 0 fully saturated rings. The summed E-state index contributed by atoms with van der Waals surface area (Å²) in [6, 6.07) is 0. The fourth-order valence-corrected chi connectivity index (χ4v) is 0.112. The molecular formula is C4H12INO. The van der Waals surface area contributed by atoms with Crippen molar-refractivity contribution >= 4 is 22.6 Å². The molecule has 0 spiro atoms. The molecule has 3 heteroatoms. The minimum absolute atomic E-state index is 0.233. The lowest BCUT2D eigenvalue weighted by Crippen LogP contribution is -2.10. The zero-order valence-electron chi connectivity index (χ0n) is 5.45. The van der Waals surface area contributed by atoms with Crippen molar-refractivity contribution in [1.82, 2.24) is 5.32 Å². The van der Waals surface area contributed by atoms with Crippen LogP contribution in [-0.2, 0) is 0 Å². The Morgan fingerprint density at radius 3 is 2.43 bits per heavy atom. The molecule has 0 radical (unpaired) electrons. The molecule has 0 atom stereocenters. The highest BCUT2D eigenvalue weighted by molar-refractivity contribution is 14.1. The van der Waals surface area contributed by atoms with Gasteiger partial charge in [-0.2, -0.15) is 0 Å². The molecule has 0 saturated heterocycles. The van der Waals surface area contributed by atoms with Crippen molar-refractivity contribution in [2.24, 2.45) is 0 Å². The van der Waals surface area contributed by atoms with E-state index in [1.54, 1.807) is 7.05 Å². The molecule has 0 aliphatic carbocycles. The quantitative estimate of drug-likeness (QED) is 0.515. The summed E-state index contributed by atoms with van der Waals surface area (Å²) in [6.45, 7) is 0.927. The van der Waals surface area contributed by atoms with E-state index in [1.165, 1.54) is 0 Å². The fourth-order valence-electron chi connectivity index (χ4n) is 0.112. The molecular weight excluding hydrogens is 205 g/mol. The van der Waals surface area contributed by atoms with Gasteiger partial charge < -0.3 is 10.4 Å². The molecule has 0 amide bonds. The van der Waals surface area contributed by atoms with Gasteiger partial charge in [0.2, 0.25) is 0 Å². The Morgan fingerprint density at radius 2 is 2.43 bits per heavy atom. The number of aliphatic hydroxyl groups excluding tert-OH is 1. The first-order valence-electron chi connectivity index (χ1n) is 2.64. The number of aliphatic hydroxyl groups is 1. The van der Waals surface area contributed by atoms with Crippen LogP contribution in [0.15, 0.2) is 0 Å². The summed E-state index contributed by atoms with van der Waals surface area (Å²) in [5, 5.41) is 10.8. The smallest absolute Gasteiger partial charge is 0.0555 e. The topological polar surface area (TPSA) is 32.3 Å². The molecule has 0 rings (SSSR count). The van der Waals surface area contributed by atoms with Gasteiger partial charge in [0.15, 0.2) is 0 Å². The molecule has 0 heterocycles. The number of halogens is 1. The molecule has 2 N–H and O–H groups in total. The average molecular weight is 219 g/mol. The standard InChI is InChI=1S/C3H9NO.CH3I/c1-4-2-3-5;1-2/h4-5H,2-3H2,1H3;1H3/i;1T. The third-order valence-electron chi connectivity index (χ3n) is 0.362. The second kappa shape index (κ2) is 15.9. The predicted octanol–water partition coefficient (Wildman–Crippen LogP) is 0.249. The molecule has 0 aromatic heterocycles. The maximum atomic E-state index is 8.00. The highest BCUT2D eigenvalue weighted by atomic mass is 127. The van der Waals surface area contributed by atoms with Crippen LogP contribution in [0.3, 0.4) is 0 Å². The molecule has 0 aromatic rings. The minimum Gasteiger partial charge on any atom is -0.395 e. The first-order chi connectivity index (χ1) is 3.83. The number of nitrogens with one attached hydrogen (secondary N) is 1. The Hall–Kier alpha value is 0.650. The van der Waals surface area contributed by atoms with E-state index < -0.39 is 0 Å². The predicted molar refractivity (Wildman–Crippen MR) is 41.0 cm³/mol. The summed E-state index contributed by atoms with van der Waals surface area (Å²) in [7, 11) is 1.80.